The molecule has 1 spiro atoms. The number of hydrogen-bond donors (Lipinski definition) is 2. The predicted octanol–water partition coefficient (Wildman–Crippen LogP) is 2.65. The summed E-state index contributed by atoms with van der Waals surface area (Å²) in [6, 6.07) is 15.9. The number of nitrogens with zero attached hydrogens (tertiary/aromatic N) is 4. The fourth-order valence-electron chi connectivity index (χ4n) is 4.36. The van der Waals surface area contributed by atoms with Crippen LogP contribution in [-0.2, 0) is 16.8 Å². The van der Waals surface area contributed by atoms with E-state index in [0.717, 1.165) is 31.6 Å². The monoisotopic (exact) mass is 390 g/mol. The molecule has 2 aliphatic heterocycles. The van der Waals surface area contributed by atoms with Crippen LogP contribution in [0.5, 0.6) is 0 Å². The molecule has 3 aromatic rings. The molecular formula is C21H22N6O2. The molecule has 148 valence electrons. The van der Waals surface area contributed by atoms with Crippen LogP contribution in [-0.4, -0.2) is 51.1 Å². The van der Waals surface area contributed by atoms with Gasteiger partial charge in [0.25, 0.3) is 11.9 Å². The van der Waals surface area contributed by atoms with E-state index in [1.165, 1.54) is 11.1 Å². The van der Waals surface area contributed by atoms with Crippen molar-refractivity contribution in [1.82, 2.24) is 25.5 Å². The third kappa shape index (κ3) is 3.36. The van der Waals surface area contributed by atoms with Gasteiger partial charge in [0.2, 0.25) is 0 Å². The normalized spacial score (nSPS) is 17.7. The van der Waals surface area contributed by atoms with E-state index in [4.69, 9.17) is 4.74 Å². The molecule has 0 atom stereocenters. The Labute approximate surface area is 168 Å². The van der Waals surface area contributed by atoms with Crippen LogP contribution >= 0.6 is 0 Å². The van der Waals surface area contributed by atoms with E-state index < -0.39 is 0 Å². The first-order valence-corrected chi connectivity index (χ1v) is 9.86. The molecule has 5 rings (SSSR count). The summed E-state index contributed by atoms with van der Waals surface area (Å²) < 4.78 is 6.27. The number of nitrogens with one attached hydrogen (secondary N) is 2. The van der Waals surface area contributed by atoms with E-state index in [0.29, 0.717) is 24.6 Å². The Balaban J connectivity index is 1.30. The Morgan fingerprint density at radius 1 is 1.14 bits per heavy atom. The second kappa shape index (κ2) is 7.29. The van der Waals surface area contributed by atoms with E-state index in [-0.39, 0.29) is 11.5 Å². The van der Waals surface area contributed by atoms with Crippen molar-refractivity contribution in [2.24, 2.45) is 0 Å². The van der Waals surface area contributed by atoms with Crippen molar-refractivity contribution in [3.63, 3.8) is 0 Å². The van der Waals surface area contributed by atoms with Gasteiger partial charge >= 0.3 is 0 Å². The van der Waals surface area contributed by atoms with E-state index in [1.807, 2.05) is 29.2 Å². The summed E-state index contributed by atoms with van der Waals surface area (Å²) >= 11 is 0. The van der Waals surface area contributed by atoms with E-state index >= 15 is 0 Å². The first-order valence-electron chi connectivity index (χ1n) is 9.86. The van der Waals surface area contributed by atoms with Gasteiger partial charge in [-0.25, -0.2) is 0 Å². The maximum atomic E-state index is 13.1. The summed E-state index contributed by atoms with van der Waals surface area (Å²) in [6.45, 7) is 2.10. The molecule has 0 radical (unpaired) electrons. The summed E-state index contributed by atoms with van der Waals surface area (Å²) in [6.07, 6.45) is 2.59. The van der Waals surface area contributed by atoms with Gasteiger partial charge in [-0.15, -0.1) is 5.10 Å². The molecule has 2 aliphatic rings. The van der Waals surface area contributed by atoms with Crippen molar-refractivity contribution in [2.45, 2.75) is 24.9 Å². The summed E-state index contributed by atoms with van der Waals surface area (Å²) in [5.74, 6) is 0.392. The minimum atomic E-state index is -0.256. The second-order valence-corrected chi connectivity index (χ2v) is 7.48. The lowest BCUT2D eigenvalue weighted by Gasteiger charge is -2.45. The molecule has 0 saturated carbocycles. The number of tetrazole rings is 1. The molecule has 2 aromatic carbocycles. The average molecular weight is 390 g/mol. The van der Waals surface area contributed by atoms with Crippen LogP contribution in [0.1, 0.15) is 34.3 Å². The molecule has 0 aliphatic carbocycles. The lowest BCUT2D eigenvalue weighted by molar-refractivity contribution is -0.0935. The zero-order chi connectivity index (χ0) is 19.7. The summed E-state index contributed by atoms with van der Waals surface area (Å²) in [5, 5.41) is 16.7. The Morgan fingerprint density at radius 2 is 2.00 bits per heavy atom. The predicted molar refractivity (Wildman–Crippen MR) is 107 cm³/mol. The number of aromatic nitrogens is 4. The fourth-order valence-corrected chi connectivity index (χ4v) is 4.36. The van der Waals surface area contributed by atoms with Crippen LogP contribution < -0.4 is 5.32 Å². The summed E-state index contributed by atoms with van der Waals surface area (Å²) in [7, 11) is 0. The number of fused-ring (bicyclic) bond motifs is 2. The number of hydrogen-bond acceptors (Lipinski definition) is 6. The molecular weight excluding hydrogens is 368 g/mol. The number of likely N-dealkylation sites (tertiary alicyclic amines) is 1. The Kier molecular flexibility index (Phi) is 4.48. The van der Waals surface area contributed by atoms with E-state index in [1.54, 1.807) is 0 Å². The average Bonchev–Trinajstić information content (AvgIpc) is 3.27. The summed E-state index contributed by atoms with van der Waals surface area (Å²) in [4.78, 5) is 15.0. The molecule has 3 heterocycles. The number of ether oxygens (including phenoxy) is 1. The zero-order valence-electron chi connectivity index (χ0n) is 16.0. The second-order valence-electron chi connectivity index (χ2n) is 7.48. The molecule has 1 amide bonds. The Morgan fingerprint density at radius 3 is 2.83 bits per heavy atom. The van der Waals surface area contributed by atoms with Crippen LogP contribution in [0.25, 0.3) is 0 Å². The first-order chi connectivity index (χ1) is 14.2. The zero-order valence-corrected chi connectivity index (χ0v) is 16.0. The van der Waals surface area contributed by atoms with Gasteiger partial charge in [-0.2, -0.15) is 5.21 Å². The maximum Gasteiger partial charge on any atom is 0.267 e. The van der Waals surface area contributed by atoms with Gasteiger partial charge in [-0.1, -0.05) is 35.4 Å². The highest BCUT2D eigenvalue weighted by Crippen LogP contribution is 2.41. The fraction of sp³-hybridized carbons (Fsp3) is 0.333. The van der Waals surface area contributed by atoms with Crippen LogP contribution in [0.3, 0.4) is 0 Å². The van der Waals surface area contributed by atoms with Crippen LogP contribution in [0, 0.1) is 0 Å². The quantitative estimate of drug-likeness (QED) is 0.714. The number of anilines is 2. The number of piperidine rings is 1. The van der Waals surface area contributed by atoms with E-state index in [9.17, 15) is 4.79 Å². The summed E-state index contributed by atoms with van der Waals surface area (Å²) in [5.41, 5.74) is 3.80. The molecule has 29 heavy (non-hydrogen) atoms. The van der Waals surface area contributed by atoms with Crippen molar-refractivity contribution in [3.05, 3.63) is 65.2 Å². The third-order valence-corrected chi connectivity index (χ3v) is 5.83. The minimum absolute atomic E-state index is 0.0284. The number of carbonyl (C=O) groups is 1. The van der Waals surface area contributed by atoms with Crippen LogP contribution in [0.2, 0.25) is 0 Å². The Hall–Kier alpha value is -3.26. The van der Waals surface area contributed by atoms with Gasteiger partial charge in [0.1, 0.15) is 0 Å². The first kappa shape index (κ1) is 17.8. The highest BCUT2D eigenvalue weighted by atomic mass is 16.5. The topological polar surface area (TPSA) is 96.0 Å². The molecule has 1 saturated heterocycles. The van der Waals surface area contributed by atoms with Crippen molar-refractivity contribution in [2.75, 3.05) is 25.0 Å². The van der Waals surface area contributed by atoms with Gasteiger partial charge in [0.15, 0.2) is 0 Å². The van der Waals surface area contributed by atoms with Gasteiger partial charge in [-0.3, -0.25) is 4.79 Å². The lowest BCUT2D eigenvalue weighted by Crippen LogP contribution is -2.48. The van der Waals surface area contributed by atoms with Crippen molar-refractivity contribution >= 4 is 17.5 Å². The van der Waals surface area contributed by atoms with Gasteiger partial charge < -0.3 is 15.0 Å². The van der Waals surface area contributed by atoms with Crippen molar-refractivity contribution in [1.29, 1.82) is 0 Å². The largest absolute Gasteiger partial charge is 0.370 e. The smallest absolute Gasteiger partial charge is 0.267 e. The van der Waals surface area contributed by atoms with Crippen LogP contribution in [0.4, 0.5) is 11.6 Å². The molecule has 0 unspecified atom stereocenters. The molecule has 2 N–H and O–H groups in total. The van der Waals surface area contributed by atoms with Crippen LogP contribution in [0.15, 0.2) is 48.5 Å². The molecule has 0 bridgehead atoms. The Bertz CT molecular complexity index is 1010. The molecule has 1 aromatic heterocycles. The highest BCUT2D eigenvalue weighted by Gasteiger charge is 2.41. The van der Waals surface area contributed by atoms with Gasteiger partial charge in [0, 0.05) is 24.3 Å². The third-order valence-electron chi connectivity index (χ3n) is 5.83. The van der Waals surface area contributed by atoms with Gasteiger partial charge in [-0.05, 0) is 53.8 Å². The molecule has 8 heteroatoms. The number of benzene rings is 2. The number of carbonyl (C=O) groups excluding carboxylic acids is 1. The number of H-pyrrole nitrogens is 1. The van der Waals surface area contributed by atoms with Crippen molar-refractivity contribution in [3.8, 4) is 0 Å². The maximum absolute atomic E-state index is 13.1. The minimum Gasteiger partial charge on any atom is -0.370 e. The number of aromatic amines is 1. The lowest BCUT2D eigenvalue weighted by atomic mass is 9.79. The number of rotatable bonds is 3. The number of amides is 1. The van der Waals surface area contributed by atoms with E-state index in [2.05, 4.69) is 50.2 Å². The molecule has 1 fully saturated rings. The van der Waals surface area contributed by atoms with Crippen molar-refractivity contribution < 1.29 is 9.53 Å². The SMILES string of the molecule is O=C(c1cccc(Nc2nn[nH]n2)c1)N1CCC2(CC1)OCCc1ccccc12. The van der Waals surface area contributed by atoms with Gasteiger partial charge in [0.05, 0.1) is 12.2 Å². The molecule has 8 nitrogen and oxygen atoms in total. The standard InChI is InChI=1S/C21H22N6O2/c28-19(16-5-3-6-17(14-16)22-20-23-25-26-24-20)27-11-9-21(10-12-27)18-7-2-1-4-15(18)8-13-29-21/h1-7,14H,8-13H2,(H2,22,23,24,25,26). The highest BCUT2D eigenvalue weighted by molar-refractivity contribution is 5.95.